The van der Waals surface area contributed by atoms with Crippen molar-refractivity contribution in [2.75, 3.05) is 6.61 Å². The molecule has 2 rings (SSSR count). The molecule has 0 amide bonds. The minimum atomic E-state index is 0.0187. The number of halogens is 1. The summed E-state index contributed by atoms with van der Waals surface area (Å²) in [5, 5.41) is 2.06. The van der Waals surface area contributed by atoms with Gasteiger partial charge in [0.15, 0.2) is 0 Å². The van der Waals surface area contributed by atoms with E-state index in [9.17, 15) is 0 Å². The fourth-order valence-electron chi connectivity index (χ4n) is 1.49. The standard InChI is InChI=1S/C13H14BrNOS/c14-12-6-7-17-13(12)8-10(15)9-16-11-4-2-1-3-5-11/h1-7,10H,8-9,15H2. The Morgan fingerprint density at radius 2 is 2.00 bits per heavy atom. The Labute approximate surface area is 114 Å². The van der Waals surface area contributed by atoms with Gasteiger partial charge in [-0.05, 0) is 39.5 Å². The van der Waals surface area contributed by atoms with Gasteiger partial charge in [0.25, 0.3) is 0 Å². The topological polar surface area (TPSA) is 35.2 Å². The van der Waals surface area contributed by atoms with E-state index in [4.69, 9.17) is 10.5 Å². The molecule has 1 heterocycles. The first-order valence-electron chi connectivity index (χ1n) is 5.41. The third-order valence-corrected chi connectivity index (χ3v) is 4.29. The predicted molar refractivity (Wildman–Crippen MR) is 75.6 cm³/mol. The van der Waals surface area contributed by atoms with E-state index >= 15 is 0 Å². The molecule has 1 aromatic heterocycles. The molecule has 0 aliphatic carbocycles. The SMILES string of the molecule is NC(COc1ccccc1)Cc1sccc1Br. The zero-order chi connectivity index (χ0) is 12.1. The number of benzene rings is 1. The quantitative estimate of drug-likeness (QED) is 0.917. The van der Waals surface area contributed by atoms with Crippen molar-refractivity contribution in [2.24, 2.45) is 5.73 Å². The lowest BCUT2D eigenvalue weighted by Crippen LogP contribution is -2.29. The van der Waals surface area contributed by atoms with Crippen LogP contribution < -0.4 is 10.5 Å². The van der Waals surface area contributed by atoms with Crippen molar-refractivity contribution in [3.8, 4) is 5.75 Å². The predicted octanol–water partition coefficient (Wildman–Crippen LogP) is 3.46. The largest absolute Gasteiger partial charge is 0.492 e. The second-order valence-electron chi connectivity index (χ2n) is 3.78. The summed E-state index contributed by atoms with van der Waals surface area (Å²) in [6.45, 7) is 0.536. The van der Waals surface area contributed by atoms with Crippen molar-refractivity contribution in [1.29, 1.82) is 0 Å². The van der Waals surface area contributed by atoms with Gasteiger partial charge in [-0.25, -0.2) is 0 Å². The molecule has 0 aliphatic rings. The van der Waals surface area contributed by atoms with E-state index < -0.39 is 0 Å². The second kappa shape index (κ2) is 6.19. The molecule has 1 aromatic carbocycles. The monoisotopic (exact) mass is 311 g/mol. The highest BCUT2D eigenvalue weighted by molar-refractivity contribution is 9.10. The molecule has 2 aromatic rings. The zero-order valence-corrected chi connectivity index (χ0v) is 11.7. The maximum Gasteiger partial charge on any atom is 0.119 e. The molecule has 0 aliphatic heterocycles. The normalized spacial score (nSPS) is 12.4. The zero-order valence-electron chi connectivity index (χ0n) is 9.30. The van der Waals surface area contributed by atoms with Crippen LogP contribution in [0, 0.1) is 0 Å². The summed E-state index contributed by atoms with van der Waals surface area (Å²) in [6, 6.07) is 11.8. The molecule has 0 spiro atoms. The van der Waals surface area contributed by atoms with E-state index in [1.54, 1.807) is 11.3 Å². The number of rotatable bonds is 5. The lowest BCUT2D eigenvalue weighted by Gasteiger charge is -2.12. The molecular weight excluding hydrogens is 298 g/mol. The van der Waals surface area contributed by atoms with Crippen LogP contribution >= 0.6 is 27.3 Å². The van der Waals surface area contributed by atoms with Gasteiger partial charge in [0.1, 0.15) is 12.4 Å². The van der Waals surface area contributed by atoms with E-state index in [0.717, 1.165) is 16.6 Å². The van der Waals surface area contributed by atoms with Crippen LogP contribution in [0.1, 0.15) is 4.88 Å². The van der Waals surface area contributed by atoms with Gasteiger partial charge in [-0.3, -0.25) is 0 Å². The van der Waals surface area contributed by atoms with Gasteiger partial charge in [-0.15, -0.1) is 11.3 Å². The molecule has 0 radical (unpaired) electrons. The molecule has 0 bridgehead atoms. The van der Waals surface area contributed by atoms with Crippen LogP contribution in [-0.2, 0) is 6.42 Å². The van der Waals surface area contributed by atoms with E-state index in [1.165, 1.54) is 4.88 Å². The fourth-order valence-corrected chi connectivity index (χ4v) is 3.10. The van der Waals surface area contributed by atoms with Crippen LogP contribution in [0.5, 0.6) is 5.75 Å². The Kier molecular flexibility index (Phi) is 4.59. The number of hydrogen-bond donors (Lipinski definition) is 1. The van der Waals surface area contributed by atoms with Crippen LogP contribution in [-0.4, -0.2) is 12.6 Å². The van der Waals surface area contributed by atoms with E-state index in [-0.39, 0.29) is 6.04 Å². The van der Waals surface area contributed by atoms with E-state index in [1.807, 2.05) is 36.4 Å². The van der Waals surface area contributed by atoms with Crippen molar-refractivity contribution in [2.45, 2.75) is 12.5 Å². The van der Waals surface area contributed by atoms with Crippen molar-refractivity contribution in [3.05, 3.63) is 51.1 Å². The average Bonchev–Trinajstić information content (AvgIpc) is 2.74. The molecule has 0 fully saturated rings. The number of thiophene rings is 1. The maximum absolute atomic E-state index is 6.04. The van der Waals surface area contributed by atoms with Crippen molar-refractivity contribution >= 4 is 27.3 Å². The molecule has 17 heavy (non-hydrogen) atoms. The summed E-state index contributed by atoms with van der Waals surface area (Å²) in [4.78, 5) is 1.27. The first-order valence-corrected chi connectivity index (χ1v) is 7.08. The Morgan fingerprint density at radius 3 is 2.65 bits per heavy atom. The highest BCUT2D eigenvalue weighted by Gasteiger charge is 2.09. The molecule has 4 heteroatoms. The lowest BCUT2D eigenvalue weighted by atomic mass is 10.2. The molecule has 1 atom stereocenters. The third kappa shape index (κ3) is 3.84. The first kappa shape index (κ1) is 12.6. The van der Waals surface area contributed by atoms with Crippen molar-refractivity contribution in [3.63, 3.8) is 0 Å². The molecule has 90 valence electrons. The van der Waals surface area contributed by atoms with E-state index in [0.29, 0.717) is 6.61 Å². The number of hydrogen-bond acceptors (Lipinski definition) is 3. The first-order chi connectivity index (χ1) is 8.25. The third-order valence-electron chi connectivity index (χ3n) is 2.35. The Balaban J connectivity index is 1.82. The van der Waals surface area contributed by atoms with Gasteiger partial charge in [0.05, 0.1) is 0 Å². The highest BCUT2D eigenvalue weighted by atomic mass is 79.9. The molecule has 1 unspecified atom stereocenters. The second-order valence-corrected chi connectivity index (χ2v) is 5.63. The van der Waals surface area contributed by atoms with Crippen LogP contribution in [0.4, 0.5) is 0 Å². The molecule has 0 saturated heterocycles. The maximum atomic E-state index is 6.04. The Hall–Kier alpha value is -0.840. The number of para-hydroxylation sites is 1. The van der Waals surface area contributed by atoms with Gasteiger partial charge in [-0.1, -0.05) is 18.2 Å². The highest BCUT2D eigenvalue weighted by Crippen LogP contribution is 2.23. The summed E-state index contributed by atoms with van der Waals surface area (Å²) in [5.74, 6) is 0.869. The molecular formula is C13H14BrNOS. The summed E-state index contributed by atoms with van der Waals surface area (Å²) in [7, 11) is 0. The van der Waals surface area contributed by atoms with Crippen LogP contribution in [0.3, 0.4) is 0 Å². The molecule has 0 saturated carbocycles. The summed E-state index contributed by atoms with van der Waals surface area (Å²) in [5.41, 5.74) is 6.04. The smallest absolute Gasteiger partial charge is 0.119 e. The van der Waals surface area contributed by atoms with Gasteiger partial charge < -0.3 is 10.5 Å². The van der Waals surface area contributed by atoms with Gasteiger partial charge in [0, 0.05) is 21.8 Å². The molecule has 2 N–H and O–H groups in total. The van der Waals surface area contributed by atoms with Gasteiger partial charge in [-0.2, -0.15) is 0 Å². The minimum Gasteiger partial charge on any atom is -0.492 e. The molecule has 2 nitrogen and oxygen atoms in total. The van der Waals surface area contributed by atoms with Gasteiger partial charge >= 0.3 is 0 Å². The number of nitrogens with two attached hydrogens (primary N) is 1. The summed E-state index contributed by atoms with van der Waals surface area (Å²) in [6.07, 6.45) is 0.838. The van der Waals surface area contributed by atoms with Crippen LogP contribution in [0.2, 0.25) is 0 Å². The Morgan fingerprint density at radius 1 is 1.24 bits per heavy atom. The summed E-state index contributed by atoms with van der Waals surface area (Å²) >= 11 is 5.22. The van der Waals surface area contributed by atoms with Crippen molar-refractivity contribution < 1.29 is 4.74 Å². The lowest BCUT2D eigenvalue weighted by molar-refractivity contribution is 0.288. The minimum absolute atomic E-state index is 0.0187. The number of ether oxygens (including phenoxy) is 1. The van der Waals surface area contributed by atoms with Crippen LogP contribution in [0.25, 0.3) is 0 Å². The van der Waals surface area contributed by atoms with Crippen LogP contribution in [0.15, 0.2) is 46.3 Å². The Bertz CT molecular complexity index is 457. The van der Waals surface area contributed by atoms with Crippen molar-refractivity contribution in [1.82, 2.24) is 0 Å². The van der Waals surface area contributed by atoms with Gasteiger partial charge in [0.2, 0.25) is 0 Å². The average molecular weight is 312 g/mol. The fraction of sp³-hybridized carbons (Fsp3) is 0.231. The van der Waals surface area contributed by atoms with E-state index in [2.05, 4.69) is 21.3 Å². The summed E-state index contributed by atoms with van der Waals surface area (Å²) < 4.78 is 6.76.